The quantitative estimate of drug-likeness (QED) is 0.801. The van der Waals surface area contributed by atoms with E-state index in [1.807, 2.05) is 4.57 Å². The van der Waals surface area contributed by atoms with Gasteiger partial charge in [0.15, 0.2) is 0 Å². The Labute approximate surface area is 84.4 Å². The zero-order valence-electron chi connectivity index (χ0n) is 7.10. The zero-order chi connectivity index (χ0) is 7.56. The molecule has 0 aliphatic rings. The maximum atomic E-state index is 5.41. The SMILES string of the molecule is CC(C)n1cnnc1CN.Cl.Cl. The lowest BCUT2D eigenvalue weighted by Crippen LogP contribution is -2.09. The van der Waals surface area contributed by atoms with Crippen molar-refractivity contribution in [3.63, 3.8) is 0 Å². The summed E-state index contributed by atoms with van der Waals surface area (Å²) in [6.07, 6.45) is 1.70. The van der Waals surface area contributed by atoms with E-state index in [1.54, 1.807) is 6.33 Å². The first-order valence-corrected chi connectivity index (χ1v) is 3.34. The number of rotatable bonds is 2. The number of nitrogens with zero attached hydrogens (tertiary/aromatic N) is 3. The van der Waals surface area contributed by atoms with Gasteiger partial charge in [0.2, 0.25) is 0 Å². The Morgan fingerprint density at radius 2 is 2.08 bits per heavy atom. The summed E-state index contributed by atoms with van der Waals surface area (Å²) in [5.74, 6) is 0.843. The first-order valence-electron chi connectivity index (χ1n) is 3.34. The maximum Gasteiger partial charge on any atom is 0.146 e. The van der Waals surface area contributed by atoms with Gasteiger partial charge < -0.3 is 10.3 Å². The standard InChI is InChI=1S/C6H12N4.2ClH/c1-5(2)10-4-8-9-6(10)3-7;;/h4-5H,3,7H2,1-2H3;2*1H. The largest absolute Gasteiger partial charge is 0.324 e. The monoisotopic (exact) mass is 212 g/mol. The molecular weight excluding hydrogens is 199 g/mol. The topological polar surface area (TPSA) is 56.7 Å². The summed E-state index contributed by atoms with van der Waals surface area (Å²) in [7, 11) is 0. The van der Waals surface area contributed by atoms with E-state index < -0.39 is 0 Å². The smallest absolute Gasteiger partial charge is 0.146 e. The molecule has 1 aromatic heterocycles. The van der Waals surface area contributed by atoms with E-state index in [0.717, 1.165) is 5.82 Å². The van der Waals surface area contributed by atoms with E-state index in [4.69, 9.17) is 5.73 Å². The summed E-state index contributed by atoms with van der Waals surface area (Å²) in [6.45, 7) is 4.60. The third kappa shape index (κ3) is 2.97. The first kappa shape index (κ1) is 14.2. The molecule has 1 aromatic rings. The summed E-state index contributed by atoms with van der Waals surface area (Å²) in [4.78, 5) is 0. The molecule has 0 fully saturated rings. The molecule has 0 saturated heterocycles. The van der Waals surface area contributed by atoms with Gasteiger partial charge in [-0.1, -0.05) is 0 Å². The Hall–Kier alpha value is -0.320. The summed E-state index contributed by atoms with van der Waals surface area (Å²) < 4.78 is 1.96. The fraction of sp³-hybridized carbons (Fsp3) is 0.667. The van der Waals surface area contributed by atoms with Crippen molar-refractivity contribution in [2.45, 2.75) is 26.4 Å². The Bertz CT molecular complexity index is 211. The molecule has 6 heteroatoms. The van der Waals surface area contributed by atoms with Crippen LogP contribution in [0.1, 0.15) is 25.7 Å². The van der Waals surface area contributed by atoms with Crippen LogP contribution in [-0.4, -0.2) is 14.8 Å². The minimum absolute atomic E-state index is 0. The molecule has 0 aliphatic carbocycles. The third-order valence-electron chi connectivity index (χ3n) is 1.39. The van der Waals surface area contributed by atoms with Crippen LogP contribution in [0.3, 0.4) is 0 Å². The molecule has 0 amide bonds. The van der Waals surface area contributed by atoms with Crippen molar-refractivity contribution in [1.82, 2.24) is 14.8 Å². The highest BCUT2D eigenvalue weighted by Crippen LogP contribution is 2.04. The minimum Gasteiger partial charge on any atom is -0.324 e. The lowest BCUT2D eigenvalue weighted by Gasteiger charge is -2.07. The minimum atomic E-state index is 0. The van der Waals surface area contributed by atoms with Gasteiger partial charge in [-0.3, -0.25) is 0 Å². The van der Waals surface area contributed by atoms with Gasteiger partial charge in [-0.05, 0) is 13.8 Å². The molecule has 0 bridgehead atoms. The van der Waals surface area contributed by atoms with Crippen molar-refractivity contribution in [2.75, 3.05) is 0 Å². The molecule has 4 nitrogen and oxygen atoms in total. The highest BCUT2D eigenvalue weighted by molar-refractivity contribution is 5.85. The van der Waals surface area contributed by atoms with Gasteiger partial charge in [0, 0.05) is 6.04 Å². The highest BCUT2D eigenvalue weighted by Gasteiger charge is 2.03. The van der Waals surface area contributed by atoms with E-state index in [2.05, 4.69) is 24.0 Å². The van der Waals surface area contributed by atoms with Crippen molar-refractivity contribution in [3.05, 3.63) is 12.2 Å². The van der Waals surface area contributed by atoms with Gasteiger partial charge >= 0.3 is 0 Å². The van der Waals surface area contributed by atoms with Crippen LogP contribution in [0.25, 0.3) is 0 Å². The van der Waals surface area contributed by atoms with Crippen molar-refractivity contribution in [1.29, 1.82) is 0 Å². The Morgan fingerprint density at radius 1 is 1.50 bits per heavy atom. The second-order valence-corrected chi connectivity index (χ2v) is 2.45. The van der Waals surface area contributed by atoms with Crippen LogP contribution in [0.2, 0.25) is 0 Å². The van der Waals surface area contributed by atoms with Gasteiger partial charge in [-0.25, -0.2) is 0 Å². The molecule has 0 aromatic carbocycles. The van der Waals surface area contributed by atoms with E-state index in [1.165, 1.54) is 0 Å². The third-order valence-corrected chi connectivity index (χ3v) is 1.39. The summed E-state index contributed by atoms with van der Waals surface area (Å²) in [5.41, 5.74) is 5.41. The molecule has 0 unspecified atom stereocenters. The van der Waals surface area contributed by atoms with Gasteiger partial charge in [-0.2, -0.15) is 0 Å². The van der Waals surface area contributed by atoms with E-state index in [0.29, 0.717) is 12.6 Å². The summed E-state index contributed by atoms with van der Waals surface area (Å²) in [6, 6.07) is 0.397. The number of nitrogens with two attached hydrogens (primary N) is 1. The van der Waals surface area contributed by atoms with Crippen LogP contribution in [0.5, 0.6) is 0 Å². The second-order valence-electron chi connectivity index (χ2n) is 2.45. The molecular formula is C6H14Cl2N4. The van der Waals surface area contributed by atoms with Crippen LogP contribution in [0.15, 0.2) is 6.33 Å². The number of hydrogen-bond acceptors (Lipinski definition) is 3. The van der Waals surface area contributed by atoms with E-state index in [-0.39, 0.29) is 24.8 Å². The van der Waals surface area contributed by atoms with Crippen molar-refractivity contribution >= 4 is 24.8 Å². The van der Waals surface area contributed by atoms with Crippen LogP contribution >= 0.6 is 24.8 Å². The predicted octanol–water partition coefficient (Wildman–Crippen LogP) is 1.16. The van der Waals surface area contributed by atoms with E-state index in [9.17, 15) is 0 Å². The number of halogens is 2. The molecule has 0 radical (unpaired) electrons. The Morgan fingerprint density at radius 3 is 2.42 bits per heavy atom. The molecule has 1 rings (SSSR count). The molecule has 0 saturated carbocycles. The molecule has 1 heterocycles. The lowest BCUT2D eigenvalue weighted by atomic mass is 10.4. The molecule has 0 atom stereocenters. The van der Waals surface area contributed by atoms with E-state index >= 15 is 0 Å². The van der Waals surface area contributed by atoms with Crippen molar-refractivity contribution in [3.8, 4) is 0 Å². The lowest BCUT2D eigenvalue weighted by molar-refractivity contribution is 0.568. The maximum absolute atomic E-state index is 5.41. The fourth-order valence-electron chi connectivity index (χ4n) is 0.844. The highest BCUT2D eigenvalue weighted by atomic mass is 35.5. The van der Waals surface area contributed by atoms with Gasteiger partial charge in [0.25, 0.3) is 0 Å². The molecule has 72 valence electrons. The molecule has 2 N–H and O–H groups in total. The van der Waals surface area contributed by atoms with Crippen LogP contribution < -0.4 is 5.73 Å². The Kier molecular flexibility index (Phi) is 7.37. The fourth-order valence-corrected chi connectivity index (χ4v) is 0.844. The average molecular weight is 213 g/mol. The molecule has 0 spiro atoms. The summed E-state index contributed by atoms with van der Waals surface area (Å²) in [5, 5.41) is 7.59. The van der Waals surface area contributed by atoms with Crippen molar-refractivity contribution in [2.24, 2.45) is 5.73 Å². The van der Waals surface area contributed by atoms with Crippen molar-refractivity contribution < 1.29 is 0 Å². The first-order chi connectivity index (χ1) is 4.75. The van der Waals surface area contributed by atoms with Crippen LogP contribution in [0.4, 0.5) is 0 Å². The van der Waals surface area contributed by atoms with Gasteiger partial charge in [0.05, 0.1) is 6.54 Å². The number of aromatic nitrogens is 3. The Balaban J connectivity index is 0. The van der Waals surface area contributed by atoms with Gasteiger partial charge in [0.1, 0.15) is 12.2 Å². The predicted molar refractivity (Wildman–Crippen MR) is 52.8 cm³/mol. The normalized spacial score (nSPS) is 9.00. The number of hydrogen-bond donors (Lipinski definition) is 1. The molecule has 0 aliphatic heterocycles. The zero-order valence-corrected chi connectivity index (χ0v) is 8.73. The van der Waals surface area contributed by atoms with Crippen LogP contribution in [-0.2, 0) is 6.54 Å². The second kappa shape index (κ2) is 6.22. The van der Waals surface area contributed by atoms with Gasteiger partial charge in [-0.15, -0.1) is 35.0 Å². The molecule has 12 heavy (non-hydrogen) atoms. The summed E-state index contributed by atoms with van der Waals surface area (Å²) >= 11 is 0. The van der Waals surface area contributed by atoms with Crippen LogP contribution in [0, 0.1) is 0 Å². The average Bonchev–Trinajstić information content (AvgIpc) is 2.33.